The molecule has 1 saturated heterocycles. The van der Waals surface area contributed by atoms with Crippen molar-refractivity contribution in [1.82, 2.24) is 15.2 Å². The molecule has 1 aromatic heterocycles. The fourth-order valence-electron chi connectivity index (χ4n) is 5.60. The zero-order valence-corrected chi connectivity index (χ0v) is 27.5. The molecule has 0 radical (unpaired) electrons. The molecule has 2 heterocycles. The van der Waals surface area contributed by atoms with Crippen LogP contribution in [-0.4, -0.2) is 41.2 Å². The smallest absolute Gasteiger partial charge is 0.251 e. The van der Waals surface area contributed by atoms with Gasteiger partial charge in [-0.15, -0.1) is 0 Å². The van der Waals surface area contributed by atoms with Gasteiger partial charge in [0.2, 0.25) is 0 Å². The van der Waals surface area contributed by atoms with Gasteiger partial charge in [-0.1, -0.05) is 66.2 Å². The number of carbonyl (C=O) groups is 2. The van der Waals surface area contributed by atoms with Gasteiger partial charge in [0.15, 0.2) is 5.78 Å². The van der Waals surface area contributed by atoms with Crippen molar-refractivity contribution in [3.8, 4) is 11.1 Å². The van der Waals surface area contributed by atoms with Gasteiger partial charge < -0.3 is 5.32 Å². The lowest BCUT2D eigenvalue weighted by atomic mass is 9.84. The van der Waals surface area contributed by atoms with Crippen LogP contribution in [0, 0.1) is 12.3 Å². The second-order valence-corrected chi connectivity index (χ2v) is 14.6. The summed E-state index contributed by atoms with van der Waals surface area (Å²) in [6, 6.07) is 16.5. The number of hydrogen-bond acceptors (Lipinski definition) is 4. The summed E-state index contributed by atoms with van der Waals surface area (Å²) in [4.78, 5) is 33.2. The summed E-state index contributed by atoms with van der Waals surface area (Å²) < 4.78 is 0. The molecule has 1 fully saturated rings. The molecule has 0 aliphatic carbocycles. The molecule has 0 unspecified atom stereocenters. The Morgan fingerprint density at radius 1 is 0.860 bits per heavy atom. The second-order valence-electron chi connectivity index (χ2n) is 14.6. The van der Waals surface area contributed by atoms with E-state index in [4.69, 9.17) is 0 Å². The molecule has 1 N–H and O–H groups in total. The summed E-state index contributed by atoms with van der Waals surface area (Å²) in [7, 11) is 0. The third-order valence-electron chi connectivity index (χ3n) is 8.29. The molecule has 0 spiro atoms. The number of Topliss-reactive ketones (excluding diaryl/α,β-unsaturated/α-hetero) is 1. The number of nitrogens with zero attached hydrogens (tertiary/aromatic N) is 2. The van der Waals surface area contributed by atoms with Crippen molar-refractivity contribution in [3.63, 3.8) is 0 Å². The van der Waals surface area contributed by atoms with Crippen LogP contribution < -0.4 is 5.32 Å². The van der Waals surface area contributed by atoms with E-state index in [0.29, 0.717) is 18.5 Å². The van der Waals surface area contributed by atoms with Gasteiger partial charge in [0.05, 0.1) is 0 Å². The summed E-state index contributed by atoms with van der Waals surface area (Å²) >= 11 is 0. The normalized spacial score (nSPS) is 14.5. The van der Waals surface area contributed by atoms with Crippen LogP contribution in [0.15, 0.2) is 54.7 Å². The fraction of sp³-hybridized carbons (Fsp3) is 0.500. The molecule has 3 aromatic rings. The Kier molecular flexibility index (Phi) is 10.6. The van der Waals surface area contributed by atoms with Gasteiger partial charge in [0.25, 0.3) is 5.91 Å². The summed E-state index contributed by atoms with van der Waals surface area (Å²) in [6.07, 6.45) is 7.85. The van der Waals surface area contributed by atoms with E-state index in [9.17, 15) is 9.59 Å². The zero-order valence-electron chi connectivity index (χ0n) is 27.5. The maximum atomic E-state index is 13.4. The van der Waals surface area contributed by atoms with Gasteiger partial charge >= 0.3 is 0 Å². The van der Waals surface area contributed by atoms with Crippen LogP contribution in [0.5, 0.6) is 0 Å². The summed E-state index contributed by atoms with van der Waals surface area (Å²) in [6.45, 7) is 18.8. The van der Waals surface area contributed by atoms with Crippen molar-refractivity contribution >= 4 is 11.7 Å². The molecule has 0 saturated carbocycles. The first-order valence-corrected chi connectivity index (χ1v) is 16.0. The first kappa shape index (κ1) is 32.6. The maximum Gasteiger partial charge on any atom is 0.251 e. The van der Waals surface area contributed by atoms with Gasteiger partial charge in [-0.2, -0.15) is 0 Å². The lowest BCUT2D eigenvalue weighted by molar-refractivity contribution is 0.0938. The monoisotopic (exact) mass is 581 g/mol. The van der Waals surface area contributed by atoms with E-state index < -0.39 is 0 Å². The molecule has 1 aliphatic rings. The second kappa shape index (κ2) is 14.0. The van der Waals surface area contributed by atoms with Crippen LogP contribution in [0.4, 0.5) is 0 Å². The summed E-state index contributed by atoms with van der Waals surface area (Å²) in [5.74, 6) is 0.160. The van der Waals surface area contributed by atoms with Crippen LogP contribution in [-0.2, 0) is 18.4 Å². The number of nitrogens with one attached hydrogen (secondary N) is 1. The Morgan fingerprint density at radius 2 is 1.56 bits per heavy atom. The quantitative estimate of drug-likeness (QED) is 0.245. The number of aryl methyl sites for hydroxylation is 2. The van der Waals surface area contributed by atoms with E-state index in [1.165, 1.54) is 30.4 Å². The summed E-state index contributed by atoms with van der Waals surface area (Å²) in [5.41, 5.74) is 8.18. The number of amides is 1. The fourth-order valence-corrected chi connectivity index (χ4v) is 5.60. The Hall–Kier alpha value is -3.31. The number of aromatic nitrogens is 1. The molecule has 2 aromatic carbocycles. The van der Waals surface area contributed by atoms with Crippen molar-refractivity contribution in [2.75, 3.05) is 19.6 Å². The minimum absolute atomic E-state index is 0.00860. The van der Waals surface area contributed by atoms with Crippen LogP contribution in [0.1, 0.15) is 117 Å². The van der Waals surface area contributed by atoms with Gasteiger partial charge in [-0.05, 0) is 109 Å². The third kappa shape index (κ3) is 9.59. The Labute approximate surface area is 259 Å². The largest absolute Gasteiger partial charge is 0.352 e. The highest BCUT2D eigenvalue weighted by Crippen LogP contribution is 2.28. The van der Waals surface area contributed by atoms with Gasteiger partial charge in [0.1, 0.15) is 0 Å². The average molecular weight is 582 g/mol. The molecule has 230 valence electrons. The standard InChI is InChI=1S/C38H51N3O2/c1-27-34(30-14-16-31(17-15-30)36(43)40-26-37(2,3)4)22-28(24-39-27)12-11-13-35(42)32-20-29(21-33(23-32)38(5,6)7)25-41-18-9-8-10-19-41/h14-17,20-24H,8-13,18-19,25-26H2,1-7H3,(H,40,43). The molecular formula is C38H51N3O2. The van der Waals surface area contributed by atoms with Gasteiger partial charge in [0, 0.05) is 48.1 Å². The first-order chi connectivity index (χ1) is 20.3. The maximum absolute atomic E-state index is 13.4. The Balaban J connectivity index is 1.40. The van der Waals surface area contributed by atoms with Crippen LogP contribution in [0.3, 0.4) is 0 Å². The average Bonchev–Trinajstić information content (AvgIpc) is 2.96. The van der Waals surface area contributed by atoms with E-state index in [1.54, 1.807) is 0 Å². The first-order valence-electron chi connectivity index (χ1n) is 16.0. The molecule has 4 rings (SSSR count). The van der Waals surface area contributed by atoms with Crippen molar-refractivity contribution in [3.05, 3.63) is 88.2 Å². The van der Waals surface area contributed by atoms with E-state index in [1.807, 2.05) is 37.4 Å². The number of likely N-dealkylation sites (tertiary alicyclic amines) is 1. The minimum Gasteiger partial charge on any atom is -0.352 e. The van der Waals surface area contributed by atoms with Crippen molar-refractivity contribution < 1.29 is 9.59 Å². The number of benzene rings is 2. The van der Waals surface area contributed by atoms with E-state index in [0.717, 1.165) is 60.4 Å². The molecular weight excluding hydrogens is 530 g/mol. The predicted molar refractivity (Wildman–Crippen MR) is 178 cm³/mol. The van der Waals surface area contributed by atoms with Crippen molar-refractivity contribution in [2.45, 2.75) is 99.0 Å². The molecule has 5 heteroatoms. The third-order valence-corrected chi connectivity index (χ3v) is 8.29. The zero-order chi connectivity index (χ0) is 31.2. The molecule has 0 atom stereocenters. The van der Waals surface area contributed by atoms with Crippen molar-refractivity contribution in [2.24, 2.45) is 5.41 Å². The number of ketones is 1. The SMILES string of the molecule is Cc1ncc(CCCC(=O)c2cc(CN3CCCCC3)cc(C(C)(C)C)c2)cc1-c1ccc(C(=O)NCC(C)(C)C)cc1. The Bertz CT molecular complexity index is 1400. The molecule has 0 bridgehead atoms. The summed E-state index contributed by atoms with van der Waals surface area (Å²) in [5, 5.41) is 3.01. The number of hydrogen-bond donors (Lipinski definition) is 1. The minimum atomic E-state index is -0.0543. The predicted octanol–water partition coefficient (Wildman–Crippen LogP) is 8.32. The van der Waals surface area contributed by atoms with Crippen molar-refractivity contribution in [1.29, 1.82) is 0 Å². The van der Waals surface area contributed by atoms with Gasteiger partial charge in [-0.3, -0.25) is 19.5 Å². The number of pyridine rings is 1. The lowest BCUT2D eigenvalue weighted by Crippen LogP contribution is -2.32. The Morgan fingerprint density at radius 3 is 2.21 bits per heavy atom. The molecule has 5 nitrogen and oxygen atoms in total. The van der Waals surface area contributed by atoms with Gasteiger partial charge in [-0.25, -0.2) is 0 Å². The van der Waals surface area contributed by atoms with Crippen LogP contribution >= 0.6 is 0 Å². The molecule has 43 heavy (non-hydrogen) atoms. The molecule has 1 amide bonds. The van der Waals surface area contributed by atoms with E-state index >= 15 is 0 Å². The highest BCUT2D eigenvalue weighted by atomic mass is 16.1. The highest BCUT2D eigenvalue weighted by Gasteiger charge is 2.20. The highest BCUT2D eigenvalue weighted by molar-refractivity contribution is 5.96. The topological polar surface area (TPSA) is 62.3 Å². The molecule has 1 aliphatic heterocycles. The lowest BCUT2D eigenvalue weighted by Gasteiger charge is -2.28. The van der Waals surface area contributed by atoms with E-state index in [2.05, 4.69) is 81.0 Å². The van der Waals surface area contributed by atoms with Crippen LogP contribution in [0.25, 0.3) is 11.1 Å². The van der Waals surface area contributed by atoms with E-state index in [-0.39, 0.29) is 22.5 Å². The number of rotatable bonds is 10. The number of piperidine rings is 1. The number of carbonyl (C=O) groups excluding carboxylic acids is 2. The van der Waals surface area contributed by atoms with Crippen LogP contribution in [0.2, 0.25) is 0 Å².